The largest absolute Gasteiger partial charge is 1.00 e. The van der Waals surface area contributed by atoms with Gasteiger partial charge in [-0.2, -0.15) is 0 Å². The third kappa shape index (κ3) is 62.0. The Labute approximate surface area is 44.2 Å². The van der Waals surface area contributed by atoms with E-state index in [1.54, 1.807) is 0 Å². The average molecular weight is 90.4 g/mol. The summed E-state index contributed by atoms with van der Waals surface area (Å²) >= 11 is 0. The van der Waals surface area contributed by atoms with Crippen LogP contribution in [0, 0.1) is 10.8 Å². The quantitative estimate of drug-likeness (QED) is 0.278. The third-order valence-corrected chi connectivity index (χ3v) is 0. The van der Waals surface area contributed by atoms with Crippen molar-refractivity contribution in [2.75, 3.05) is 0 Å². The molecular weight excluding hydrogens is 90.4 g/mol. The molecule has 0 aromatic carbocycles. The van der Waals surface area contributed by atoms with Gasteiger partial charge in [-0.05, 0) is 0 Å². The van der Waals surface area contributed by atoms with Crippen molar-refractivity contribution in [1.29, 1.82) is 0 Å². The molecule has 0 unspecified atom stereocenters. The fraction of sp³-hybridized carbons (Fsp3) is 0. The smallest absolute Gasteiger partial charge is 0.357 e. The summed E-state index contributed by atoms with van der Waals surface area (Å²) in [7, 11) is -2.85. The van der Waals surface area contributed by atoms with E-state index in [9.17, 15) is 0 Å². The SMILES string of the molecule is [Li+].[O-][Cl+2]([O-])[O-]. The van der Waals surface area contributed by atoms with Gasteiger partial charge in [0.1, 0.15) is 0 Å². The molecule has 0 fully saturated rings. The van der Waals surface area contributed by atoms with Gasteiger partial charge in [0.15, 0.2) is 0 Å². The molecule has 5 heteroatoms. The van der Waals surface area contributed by atoms with Crippen LogP contribution in [0.2, 0.25) is 0 Å². The van der Waals surface area contributed by atoms with Gasteiger partial charge in [-0.25, -0.2) is 0 Å². The molecule has 5 heavy (non-hydrogen) atoms. The fourth-order valence-corrected chi connectivity index (χ4v) is 0. The minimum Gasteiger partial charge on any atom is -0.357 e. The molecule has 0 rings (SSSR count). The minimum absolute atomic E-state index is 0. The molecule has 0 bridgehead atoms. The molecule has 3 nitrogen and oxygen atoms in total. The molecule has 26 valence electrons. The van der Waals surface area contributed by atoms with Crippen molar-refractivity contribution < 1.29 is 43.6 Å². The van der Waals surface area contributed by atoms with E-state index in [1.807, 2.05) is 0 Å². The second-order valence-electron chi connectivity index (χ2n) is 0.189. The molecule has 0 aliphatic rings. The number of hydrogen-bond acceptors (Lipinski definition) is 3. The van der Waals surface area contributed by atoms with Gasteiger partial charge in [-0.3, -0.25) is 0 Å². The third-order valence-electron chi connectivity index (χ3n) is 0. The molecule has 0 atom stereocenters. The van der Waals surface area contributed by atoms with Crippen LogP contribution in [0.3, 0.4) is 0 Å². The molecule has 0 N–H and O–H groups in total. The van der Waals surface area contributed by atoms with E-state index in [0.29, 0.717) is 0 Å². The summed E-state index contributed by atoms with van der Waals surface area (Å²) in [6.07, 6.45) is 0. The van der Waals surface area contributed by atoms with Crippen molar-refractivity contribution in [3.8, 4) is 0 Å². The zero-order valence-electron chi connectivity index (χ0n) is 2.60. The fourth-order valence-electron chi connectivity index (χ4n) is 0. The second-order valence-corrected chi connectivity index (χ2v) is 0.567. The monoisotopic (exact) mass is 90.0 g/mol. The summed E-state index contributed by atoms with van der Waals surface area (Å²) < 4.78 is 25.2. The zero-order chi connectivity index (χ0) is 3.58. The van der Waals surface area contributed by atoms with Gasteiger partial charge in [0.05, 0.1) is 10.8 Å². The molecule has 0 aliphatic carbocycles. The van der Waals surface area contributed by atoms with Crippen LogP contribution in [0.4, 0.5) is 0 Å². The van der Waals surface area contributed by atoms with Crippen LogP contribution in [0.5, 0.6) is 0 Å². The van der Waals surface area contributed by atoms with Crippen LogP contribution < -0.4 is 32.8 Å². The molecule has 0 aromatic rings. The van der Waals surface area contributed by atoms with Crippen molar-refractivity contribution in [2.45, 2.75) is 0 Å². The first-order chi connectivity index (χ1) is 1.73. The van der Waals surface area contributed by atoms with Gasteiger partial charge in [0.25, 0.3) is 0 Å². The Bertz CT molecular complexity index is 11.6. The molecule has 0 saturated carbocycles. The van der Waals surface area contributed by atoms with E-state index in [2.05, 4.69) is 0 Å². The van der Waals surface area contributed by atoms with Gasteiger partial charge in [0.2, 0.25) is 0 Å². The number of halogens is 1. The summed E-state index contributed by atoms with van der Waals surface area (Å²) in [6, 6.07) is 0. The van der Waals surface area contributed by atoms with E-state index in [1.165, 1.54) is 0 Å². The normalized spacial score (nSPS) is 7.20. The van der Waals surface area contributed by atoms with E-state index in [0.717, 1.165) is 0 Å². The maximum absolute atomic E-state index is 8.41. The Hall–Kier alpha value is 0.767. The Morgan fingerprint density at radius 3 is 1.00 bits per heavy atom. The number of rotatable bonds is 0. The van der Waals surface area contributed by atoms with Crippen molar-refractivity contribution in [3.63, 3.8) is 0 Å². The second kappa shape index (κ2) is 4.77. The Morgan fingerprint density at radius 2 is 1.00 bits per heavy atom. The molecular formula is ClLiO3. The molecule has 0 amide bonds. The summed E-state index contributed by atoms with van der Waals surface area (Å²) in [5.41, 5.74) is 0. The average Bonchev–Trinajstić information content (AvgIpc) is 0.811. The standard InChI is InChI=1S/ClO3.Li/c2-1(3)4;/q-1;+1. The van der Waals surface area contributed by atoms with Gasteiger partial charge in [-0.15, -0.1) is 0 Å². The van der Waals surface area contributed by atoms with Crippen LogP contribution in [-0.4, -0.2) is 0 Å². The Kier molecular flexibility index (Phi) is 8.81. The zero-order valence-corrected chi connectivity index (χ0v) is 3.36. The van der Waals surface area contributed by atoms with Crippen LogP contribution in [0.1, 0.15) is 0 Å². The first-order valence-corrected chi connectivity index (χ1v) is 1.39. The summed E-state index contributed by atoms with van der Waals surface area (Å²) in [6.45, 7) is 0. The topological polar surface area (TPSA) is 69.2 Å². The summed E-state index contributed by atoms with van der Waals surface area (Å²) in [5, 5.41) is 0. The Morgan fingerprint density at radius 1 is 1.00 bits per heavy atom. The Balaban J connectivity index is 0. The summed E-state index contributed by atoms with van der Waals surface area (Å²) in [5.74, 6) is 0. The first-order valence-electron chi connectivity index (χ1n) is 0.463. The van der Waals surface area contributed by atoms with E-state index in [-0.39, 0.29) is 18.9 Å². The molecule has 0 spiro atoms. The van der Waals surface area contributed by atoms with Crippen LogP contribution in [0.15, 0.2) is 0 Å². The predicted octanol–water partition coefficient (Wildman–Crippen LogP) is -6.56. The predicted molar refractivity (Wildman–Crippen MR) is 0 cm³/mol. The van der Waals surface area contributed by atoms with E-state index >= 15 is 0 Å². The molecule has 0 heterocycles. The van der Waals surface area contributed by atoms with Gasteiger partial charge in [0, 0.05) is 0 Å². The van der Waals surface area contributed by atoms with Gasteiger partial charge in [-0.1, -0.05) is 0 Å². The van der Waals surface area contributed by atoms with Crippen LogP contribution >= 0.6 is 0 Å². The van der Waals surface area contributed by atoms with E-state index < -0.39 is 10.8 Å². The molecule has 0 aliphatic heterocycles. The number of hydrogen-bond donors (Lipinski definition) is 0. The van der Waals surface area contributed by atoms with Gasteiger partial charge < -0.3 is 14.0 Å². The van der Waals surface area contributed by atoms with Crippen LogP contribution in [0.25, 0.3) is 0 Å². The first kappa shape index (κ1) is 9.24. The molecule has 0 aromatic heterocycles. The van der Waals surface area contributed by atoms with E-state index in [4.69, 9.17) is 14.0 Å². The van der Waals surface area contributed by atoms with Gasteiger partial charge >= 0.3 is 18.9 Å². The molecule has 0 radical (unpaired) electrons. The van der Waals surface area contributed by atoms with Crippen LogP contribution in [-0.2, 0) is 0 Å². The molecule has 0 saturated heterocycles. The minimum atomic E-state index is -2.85. The van der Waals surface area contributed by atoms with Crippen molar-refractivity contribution in [3.05, 3.63) is 0 Å². The van der Waals surface area contributed by atoms with Crippen molar-refractivity contribution >= 4 is 0 Å². The maximum Gasteiger partial charge on any atom is 1.00 e. The summed E-state index contributed by atoms with van der Waals surface area (Å²) in [4.78, 5) is 0. The van der Waals surface area contributed by atoms with Crippen molar-refractivity contribution in [2.24, 2.45) is 0 Å². The maximum atomic E-state index is 8.41. The van der Waals surface area contributed by atoms with Crippen molar-refractivity contribution in [1.82, 2.24) is 0 Å².